The molecule has 3 aromatic rings. The van der Waals surface area contributed by atoms with Gasteiger partial charge in [0.15, 0.2) is 0 Å². The number of aromatic nitrogens is 2. The summed E-state index contributed by atoms with van der Waals surface area (Å²) >= 11 is 0. The van der Waals surface area contributed by atoms with E-state index in [9.17, 15) is 13.2 Å². The Morgan fingerprint density at radius 2 is 1.93 bits per heavy atom. The largest absolute Gasteiger partial charge is 0.323 e. The summed E-state index contributed by atoms with van der Waals surface area (Å²) in [5.41, 5.74) is 0.955. The van der Waals surface area contributed by atoms with E-state index in [2.05, 4.69) is 15.3 Å². The monoisotopic (exact) mass is 382 g/mol. The maximum Gasteiger partial charge on any atom is 0.245 e. The normalized spacial score (nSPS) is 17.9. The number of sulfonamides is 1. The van der Waals surface area contributed by atoms with Crippen molar-refractivity contribution in [3.8, 4) is 0 Å². The number of hydrogen-bond donors (Lipinski definition) is 1. The number of carbonyl (C=O) groups is 1. The predicted molar refractivity (Wildman–Crippen MR) is 102 cm³/mol. The molecule has 1 N–H and O–H groups in total. The molecule has 0 radical (unpaired) electrons. The maximum absolute atomic E-state index is 13.3. The lowest BCUT2D eigenvalue weighted by Crippen LogP contribution is -2.43. The number of rotatable bonds is 4. The van der Waals surface area contributed by atoms with Gasteiger partial charge in [0.25, 0.3) is 0 Å². The first-order valence-electron chi connectivity index (χ1n) is 8.64. The van der Waals surface area contributed by atoms with Crippen molar-refractivity contribution in [1.29, 1.82) is 0 Å². The van der Waals surface area contributed by atoms with Gasteiger partial charge in [0, 0.05) is 24.3 Å². The summed E-state index contributed by atoms with van der Waals surface area (Å²) in [4.78, 5) is 21.0. The van der Waals surface area contributed by atoms with Crippen LogP contribution in [0.25, 0.3) is 10.9 Å². The summed E-state index contributed by atoms with van der Waals surface area (Å²) in [5.74, 6) is -0.350. The maximum atomic E-state index is 13.3. The van der Waals surface area contributed by atoms with E-state index in [0.29, 0.717) is 30.6 Å². The Morgan fingerprint density at radius 1 is 1.11 bits per heavy atom. The third-order valence-electron chi connectivity index (χ3n) is 4.62. The Kier molecular flexibility index (Phi) is 4.59. The van der Waals surface area contributed by atoms with Gasteiger partial charge < -0.3 is 5.32 Å². The van der Waals surface area contributed by atoms with Gasteiger partial charge >= 0.3 is 0 Å². The fourth-order valence-corrected chi connectivity index (χ4v) is 5.19. The second-order valence-electron chi connectivity index (χ2n) is 6.34. The number of anilines is 1. The van der Waals surface area contributed by atoms with Crippen LogP contribution in [0.15, 0.2) is 66.0 Å². The van der Waals surface area contributed by atoms with Gasteiger partial charge in [0.05, 0.1) is 17.4 Å². The van der Waals surface area contributed by atoms with Gasteiger partial charge in [0.1, 0.15) is 10.9 Å². The second-order valence-corrected chi connectivity index (χ2v) is 8.19. The van der Waals surface area contributed by atoms with Crippen molar-refractivity contribution in [2.75, 3.05) is 11.9 Å². The summed E-state index contributed by atoms with van der Waals surface area (Å²) in [7, 11) is -3.86. The van der Waals surface area contributed by atoms with E-state index >= 15 is 0 Å². The van der Waals surface area contributed by atoms with Gasteiger partial charge in [0.2, 0.25) is 15.9 Å². The van der Waals surface area contributed by atoms with E-state index < -0.39 is 16.1 Å². The average Bonchev–Trinajstić information content (AvgIpc) is 3.19. The lowest BCUT2D eigenvalue weighted by Gasteiger charge is -2.23. The highest BCUT2D eigenvalue weighted by atomic mass is 32.2. The van der Waals surface area contributed by atoms with Gasteiger partial charge in [-0.2, -0.15) is 4.31 Å². The molecule has 0 spiro atoms. The molecule has 1 aromatic carbocycles. The third-order valence-corrected chi connectivity index (χ3v) is 6.56. The van der Waals surface area contributed by atoms with Crippen molar-refractivity contribution >= 4 is 32.5 Å². The van der Waals surface area contributed by atoms with Gasteiger partial charge in [-0.25, -0.2) is 8.42 Å². The van der Waals surface area contributed by atoms with Crippen molar-refractivity contribution < 1.29 is 13.2 Å². The third kappa shape index (κ3) is 3.29. The zero-order valence-corrected chi connectivity index (χ0v) is 15.3. The van der Waals surface area contributed by atoms with Crippen LogP contribution in [0.4, 0.5) is 5.69 Å². The SMILES string of the molecule is O=C(Nc1cccnc1)C1CCCN1S(=O)(=O)c1cccc2cccnc12. The van der Waals surface area contributed by atoms with Crippen molar-refractivity contribution in [2.45, 2.75) is 23.8 Å². The number of fused-ring (bicyclic) bond motifs is 1. The Labute approximate surface area is 157 Å². The molecule has 0 aliphatic carbocycles. The van der Waals surface area contributed by atoms with Crippen LogP contribution in [-0.2, 0) is 14.8 Å². The number of hydrogen-bond acceptors (Lipinski definition) is 5. The van der Waals surface area contributed by atoms with E-state index in [-0.39, 0.29) is 10.8 Å². The number of benzene rings is 1. The van der Waals surface area contributed by atoms with Gasteiger partial charge in [-0.1, -0.05) is 18.2 Å². The molecular formula is C19H18N4O3S. The van der Waals surface area contributed by atoms with Crippen LogP contribution in [0.5, 0.6) is 0 Å². The van der Waals surface area contributed by atoms with Crippen LogP contribution >= 0.6 is 0 Å². The lowest BCUT2D eigenvalue weighted by atomic mass is 10.2. The van der Waals surface area contributed by atoms with Gasteiger partial charge in [-0.05, 0) is 37.1 Å². The van der Waals surface area contributed by atoms with Crippen molar-refractivity contribution in [3.05, 3.63) is 61.1 Å². The predicted octanol–water partition coefficient (Wildman–Crippen LogP) is 2.42. The highest BCUT2D eigenvalue weighted by molar-refractivity contribution is 7.89. The molecular weight excluding hydrogens is 364 g/mol. The number of carbonyl (C=O) groups excluding carboxylic acids is 1. The van der Waals surface area contributed by atoms with Crippen LogP contribution in [0, 0.1) is 0 Å². The fourth-order valence-electron chi connectivity index (χ4n) is 3.36. The number of para-hydroxylation sites is 1. The summed E-state index contributed by atoms with van der Waals surface area (Å²) in [6, 6.07) is 11.3. The van der Waals surface area contributed by atoms with E-state index in [1.165, 1.54) is 10.5 Å². The first-order chi connectivity index (χ1) is 13.1. The van der Waals surface area contributed by atoms with Crippen molar-refractivity contribution in [1.82, 2.24) is 14.3 Å². The quantitative estimate of drug-likeness (QED) is 0.748. The lowest BCUT2D eigenvalue weighted by molar-refractivity contribution is -0.119. The molecule has 3 heterocycles. The summed E-state index contributed by atoms with van der Waals surface area (Å²) < 4.78 is 27.9. The standard InChI is InChI=1S/C19H18N4O3S/c24-19(22-15-7-3-10-20-13-15)16-8-4-12-23(16)27(25,26)17-9-1-5-14-6-2-11-21-18(14)17/h1-3,5-7,9-11,13,16H,4,8,12H2,(H,22,24). The average molecular weight is 382 g/mol. The van der Waals surface area contributed by atoms with E-state index in [4.69, 9.17) is 0 Å². The number of nitrogens with zero attached hydrogens (tertiary/aromatic N) is 3. The Bertz CT molecular complexity index is 1080. The molecule has 138 valence electrons. The first kappa shape index (κ1) is 17.6. The summed E-state index contributed by atoms with van der Waals surface area (Å²) in [6.07, 6.45) is 5.81. The fraction of sp³-hybridized carbons (Fsp3) is 0.211. The summed E-state index contributed by atoms with van der Waals surface area (Å²) in [6.45, 7) is 0.302. The summed E-state index contributed by atoms with van der Waals surface area (Å²) in [5, 5.41) is 3.50. The zero-order chi connectivity index (χ0) is 18.9. The number of amides is 1. The molecule has 27 heavy (non-hydrogen) atoms. The van der Waals surface area contributed by atoms with E-state index in [0.717, 1.165) is 5.39 Å². The number of pyridine rings is 2. The van der Waals surface area contributed by atoms with Crippen LogP contribution < -0.4 is 5.32 Å². The van der Waals surface area contributed by atoms with E-state index in [1.807, 2.05) is 12.1 Å². The highest BCUT2D eigenvalue weighted by Crippen LogP contribution is 2.30. The van der Waals surface area contributed by atoms with Crippen molar-refractivity contribution in [3.63, 3.8) is 0 Å². The molecule has 1 atom stereocenters. The Morgan fingerprint density at radius 3 is 2.74 bits per heavy atom. The molecule has 8 heteroatoms. The molecule has 1 aliphatic rings. The molecule has 1 unspecified atom stereocenters. The van der Waals surface area contributed by atoms with Crippen LogP contribution in [0.1, 0.15) is 12.8 Å². The highest BCUT2D eigenvalue weighted by Gasteiger charge is 2.40. The molecule has 0 saturated carbocycles. The molecule has 4 rings (SSSR count). The minimum Gasteiger partial charge on any atom is -0.323 e. The molecule has 1 aliphatic heterocycles. The number of nitrogens with one attached hydrogen (secondary N) is 1. The first-order valence-corrected chi connectivity index (χ1v) is 10.1. The smallest absolute Gasteiger partial charge is 0.245 e. The Balaban J connectivity index is 1.67. The minimum absolute atomic E-state index is 0.127. The topological polar surface area (TPSA) is 92.3 Å². The molecule has 1 saturated heterocycles. The minimum atomic E-state index is -3.86. The van der Waals surface area contributed by atoms with E-state index in [1.54, 1.807) is 42.7 Å². The molecule has 7 nitrogen and oxygen atoms in total. The van der Waals surface area contributed by atoms with Crippen molar-refractivity contribution in [2.24, 2.45) is 0 Å². The van der Waals surface area contributed by atoms with Crippen LogP contribution in [0.2, 0.25) is 0 Å². The molecule has 1 amide bonds. The second kappa shape index (κ2) is 7.05. The molecule has 1 fully saturated rings. The zero-order valence-electron chi connectivity index (χ0n) is 14.4. The van der Waals surface area contributed by atoms with Crippen LogP contribution in [-0.4, -0.2) is 41.2 Å². The molecule has 2 aromatic heterocycles. The molecule has 0 bridgehead atoms. The van der Waals surface area contributed by atoms with Gasteiger partial charge in [-0.15, -0.1) is 0 Å². The van der Waals surface area contributed by atoms with Gasteiger partial charge in [-0.3, -0.25) is 14.8 Å². The Hall–Kier alpha value is -2.84. The van der Waals surface area contributed by atoms with Crippen LogP contribution in [0.3, 0.4) is 0 Å².